The number of nitrogens with one attached hydrogen (secondary N) is 1. The van der Waals surface area contributed by atoms with Gasteiger partial charge in [-0.1, -0.05) is 0 Å². The second kappa shape index (κ2) is 5.86. The van der Waals surface area contributed by atoms with E-state index in [1.165, 1.54) is 10.0 Å². The summed E-state index contributed by atoms with van der Waals surface area (Å²) in [6, 6.07) is 21.6. The number of rotatable bonds is 4. The molecule has 2 rings (SSSR count). The van der Waals surface area contributed by atoms with Gasteiger partial charge in [-0.3, -0.25) is 0 Å². The second-order valence-corrected chi connectivity index (χ2v) is 5.58. The van der Waals surface area contributed by atoms with E-state index in [1.807, 2.05) is 0 Å². The molecule has 0 aliphatic rings. The van der Waals surface area contributed by atoms with Crippen molar-refractivity contribution in [3.05, 3.63) is 66.2 Å². The SMILES string of the molecule is C[C@@H](N[Se]c1ccccc1)c1ccccc1. The van der Waals surface area contributed by atoms with Crippen molar-refractivity contribution in [1.29, 1.82) is 0 Å². The summed E-state index contributed by atoms with van der Waals surface area (Å²) >= 11 is 0.344. The first-order valence-electron chi connectivity index (χ1n) is 5.38. The molecule has 0 aliphatic carbocycles. The van der Waals surface area contributed by atoms with Crippen molar-refractivity contribution >= 4 is 19.6 Å². The van der Waals surface area contributed by atoms with E-state index in [2.05, 4.69) is 71.9 Å². The first kappa shape index (κ1) is 11.4. The minimum absolute atomic E-state index is 0.344. The average Bonchev–Trinajstić information content (AvgIpc) is 2.38. The van der Waals surface area contributed by atoms with E-state index >= 15 is 0 Å². The first-order valence-corrected chi connectivity index (χ1v) is 7.10. The molecular formula is C14H15NSe. The molecule has 0 aliphatic heterocycles. The summed E-state index contributed by atoms with van der Waals surface area (Å²) in [5.74, 6) is 0. The molecule has 2 aromatic carbocycles. The molecule has 16 heavy (non-hydrogen) atoms. The van der Waals surface area contributed by atoms with Crippen LogP contribution in [0.15, 0.2) is 60.7 Å². The third kappa shape index (κ3) is 3.21. The maximum absolute atomic E-state index is 3.58. The zero-order valence-electron chi connectivity index (χ0n) is 9.26. The second-order valence-electron chi connectivity index (χ2n) is 3.67. The van der Waals surface area contributed by atoms with Crippen LogP contribution < -0.4 is 8.79 Å². The first-order chi connectivity index (χ1) is 7.86. The van der Waals surface area contributed by atoms with Crippen LogP contribution in [0.1, 0.15) is 18.5 Å². The number of hydrogen-bond donors (Lipinski definition) is 1. The van der Waals surface area contributed by atoms with Crippen molar-refractivity contribution in [3.63, 3.8) is 0 Å². The van der Waals surface area contributed by atoms with E-state index in [4.69, 9.17) is 0 Å². The molecule has 0 aromatic heterocycles. The van der Waals surface area contributed by atoms with E-state index in [0.29, 0.717) is 21.2 Å². The molecule has 0 heterocycles. The van der Waals surface area contributed by atoms with Crippen molar-refractivity contribution in [2.75, 3.05) is 0 Å². The Bertz CT molecular complexity index is 413. The zero-order chi connectivity index (χ0) is 11.2. The van der Waals surface area contributed by atoms with Crippen molar-refractivity contribution in [2.24, 2.45) is 0 Å². The van der Waals surface area contributed by atoms with E-state index in [9.17, 15) is 0 Å². The van der Waals surface area contributed by atoms with Gasteiger partial charge in [0, 0.05) is 0 Å². The Morgan fingerprint density at radius 1 is 0.875 bits per heavy atom. The predicted octanol–water partition coefficient (Wildman–Crippen LogP) is 2.28. The van der Waals surface area contributed by atoms with Crippen LogP contribution in [0, 0.1) is 0 Å². The van der Waals surface area contributed by atoms with Gasteiger partial charge in [0.2, 0.25) is 0 Å². The van der Waals surface area contributed by atoms with E-state index in [1.54, 1.807) is 0 Å². The van der Waals surface area contributed by atoms with E-state index in [0.717, 1.165) is 0 Å². The van der Waals surface area contributed by atoms with Gasteiger partial charge in [0.05, 0.1) is 0 Å². The summed E-state index contributed by atoms with van der Waals surface area (Å²) in [5, 5.41) is 0. The molecule has 0 saturated carbocycles. The number of benzene rings is 2. The molecule has 0 radical (unpaired) electrons. The Kier molecular flexibility index (Phi) is 4.17. The molecular weight excluding hydrogens is 261 g/mol. The van der Waals surface area contributed by atoms with Crippen molar-refractivity contribution in [3.8, 4) is 0 Å². The van der Waals surface area contributed by atoms with Crippen molar-refractivity contribution in [2.45, 2.75) is 13.0 Å². The standard InChI is InChI=1S/C14H15NSe/c1-12(13-8-4-2-5-9-13)15-16-14-10-6-3-7-11-14/h2-12,15H,1H3/t12-/m1/s1. The van der Waals surface area contributed by atoms with E-state index in [-0.39, 0.29) is 0 Å². The summed E-state index contributed by atoms with van der Waals surface area (Å²) in [7, 11) is 0. The molecule has 1 atom stereocenters. The molecule has 2 aromatic rings. The predicted molar refractivity (Wildman–Crippen MR) is 69.8 cm³/mol. The normalized spacial score (nSPS) is 12.3. The van der Waals surface area contributed by atoms with Gasteiger partial charge >= 0.3 is 103 Å². The molecule has 0 spiro atoms. The van der Waals surface area contributed by atoms with Crippen LogP contribution in [0.25, 0.3) is 0 Å². The Hall–Kier alpha value is -1.08. The third-order valence-electron chi connectivity index (χ3n) is 2.40. The minimum atomic E-state index is 0.344. The molecule has 1 N–H and O–H groups in total. The molecule has 0 saturated heterocycles. The van der Waals surface area contributed by atoms with Crippen LogP contribution in [-0.2, 0) is 0 Å². The molecule has 0 bridgehead atoms. The summed E-state index contributed by atoms with van der Waals surface area (Å²) in [6.45, 7) is 2.21. The van der Waals surface area contributed by atoms with Crippen LogP contribution in [0.4, 0.5) is 0 Å². The van der Waals surface area contributed by atoms with Crippen molar-refractivity contribution in [1.82, 2.24) is 4.33 Å². The van der Waals surface area contributed by atoms with Gasteiger partial charge in [0.1, 0.15) is 0 Å². The van der Waals surface area contributed by atoms with Gasteiger partial charge in [0.15, 0.2) is 0 Å². The van der Waals surface area contributed by atoms with Gasteiger partial charge in [-0.25, -0.2) is 0 Å². The van der Waals surface area contributed by atoms with Crippen LogP contribution in [-0.4, -0.2) is 15.2 Å². The van der Waals surface area contributed by atoms with Crippen LogP contribution in [0.3, 0.4) is 0 Å². The Labute approximate surface area is 103 Å². The Balaban J connectivity index is 1.92. The fraction of sp³-hybridized carbons (Fsp3) is 0.143. The van der Waals surface area contributed by atoms with Gasteiger partial charge in [-0.05, 0) is 0 Å². The van der Waals surface area contributed by atoms with Crippen LogP contribution >= 0.6 is 0 Å². The van der Waals surface area contributed by atoms with Crippen LogP contribution in [0.5, 0.6) is 0 Å². The van der Waals surface area contributed by atoms with Gasteiger partial charge in [-0.15, -0.1) is 0 Å². The van der Waals surface area contributed by atoms with Gasteiger partial charge in [-0.2, -0.15) is 0 Å². The fourth-order valence-corrected chi connectivity index (χ4v) is 3.01. The summed E-state index contributed by atoms with van der Waals surface area (Å²) in [6.07, 6.45) is 0. The average molecular weight is 276 g/mol. The summed E-state index contributed by atoms with van der Waals surface area (Å²) in [5.41, 5.74) is 1.35. The monoisotopic (exact) mass is 277 g/mol. The molecule has 1 nitrogen and oxygen atoms in total. The molecule has 0 amide bonds. The molecule has 2 heteroatoms. The third-order valence-corrected chi connectivity index (χ3v) is 4.45. The Morgan fingerprint density at radius 3 is 2.06 bits per heavy atom. The van der Waals surface area contributed by atoms with Gasteiger partial charge in [0.25, 0.3) is 0 Å². The molecule has 82 valence electrons. The molecule has 0 fully saturated rings. The summed E-state index contributed by atoms with van der Waals surface area (Å²) < 4.78 is 4.96. The van der Waals surface area contributed by atoms with Gasteiger partial charge < -0.3 is 0 Å². The maximum atomic E-state index is 3.58. The fourth-order valence-electron chi connectivity index (χ4n) is 1.45. The van der Waals surface area contributed by atoms with Crippen molar-refractivity contribution < 1.29 is 0 Å². The van der Waals surface area contributed by atoms with Crippen LogP contribution in [0.2, 0.25) is 0 Å². The Morgan fingerprint density at radius 2 is 1.44 bits per heavy atom. The summed E-state index contributed by atoms with van der Waals surface area (Å²) in [4.78, 5) is 0. The number of hydrogen-bond acceptors (Lipinski definition) is 1. The zero-order valence-corrected chi connectivity index (χ0v) is 11.0. The molecule has 0 unspecified atom stereocenters. The topological polar surface area (TPSA) is 12.0 Å². The quantitative estimate of drug-likeness (QED) is 0.845. The van der Waals surface area contributed by atoms with E-state index < -0.39 is 0 Å².